The van der Waals surface area contributed by atoms with Crippen molar-refractivity contribution in [3.63, 3.8) is 0 Å². The number of amides is 3. The fourth-order valence-corrected chi connectivity index (χ4v) is 4.34. The monoisotopic (exact) mass is 439 g/mol. The van der Waals surface area contributed by atoms with Gasteiger partial charge in [0.2, 0.25) is 11.8 Å². The van der Waals surface area contributed by atoms with Crippen LogP contribution in [0, 0.1) is 5.82 Å². The number of aromatic nitrogens is 1. The van der Waals surface area contributed by atoms with Gasteiger partial charge in [-0.2, -0.15) is 0 Å². The third-order valence-electron chi connectivity index (χ3n) is 5.96. The number of hydrogen-bond donors (Lipinski definition) is 3. The molecule has 2 saturated heterocycles. The lowest BCUT2D eigenvalue weighted by molar-refractivity contribution is -0.129. The largest absolute Gasteiger partial charge is 0.353 e. The van der Waals surface area contributed by atoms with Gasteiger partial charge in [-0.1, -0.05) is 12.1 Å². The molecule has 3 N–H and O–H groups in total. The van der Waals surface area contributed by atoms with E-state index in [0.29, 0.717) is 38.9 Å². The van der Waals surface area contributed by atoms with E-state index in [2.05, 4.69) is 25.8 Å². The van der Waals surface area contributed by atoms with Crippen LogP contribution in [0.5, 0.6) is 0 Å². The molecular weight excluding hydrogens is 413 g/mol. The second-order valence-electron chi connectivity index (χ2n) is 8.20. The molecule has 168 valence electrons. The van der Waals surface area contributed by atoms with E-state index in [1.165, 1.54) is 18.2 Å². The van der Waals surface area contributed by atoms with E-state index in [-0.39, 0.29) is 41.4 Å². The molecule has 3 heterocycles. The number of pyridine rings is 1. The molecule has 3 amide bonds. The first-order chi connectivity index (χ1) is 15.5. The first-order valence-corrected chi connectivity index (χ1v) is 10.7. The summed E-state index contributed by atoms with van der Waals surface area (Å²) in [5.41, 5.74) is 1.18. The van der Waals surface area contributed by atoms with Crippen molar-refractivity contribution in [2.24, 2.45) is 0 Å². The first-order valence-electron chi connectivity index (χ1n) is 10.7. The standard InChI is InChI=1S/C23H26FN5O3/c24-17-5-1-4-16(9-17)22(31)28-18-10-20-23(32)27-13-19(29(20)14-18)6-7-21(30)26-12-15-3-2-8-25-11-15/h1-5,8-9,11,18-20H,6-7,10,12-14H2,(H,26,30)(H,27,32)(H,28,31)/t18-,19-,20+/m1/s1. The average Bonchev–Trinajstić information content (AvgIpc) is 3.22. The van der Waals surface area contributed by atoms with Crippen LogP contribution < -0.4 is 16.0 Å². The topological polar surface area (TPSA) is 103 Å². The van der Waals surface area contributed by atoms with Crippen LogP contribution in [-0.4, -0.2) is 58.8 Å². The molecule has 0 spiro atoms. The van der Waals surface area contributed by atoms with Gasteiger partial charge < -0.3 is 16.0 Å². The van der Waals surface area contributed by atoms with Crippen LogP contribution >= 0.6 is 0 Å². The highest BCUT2D eigenvalue weighted by molar-refractivity contribution is 5.94. The molecule has 4 rings (SSSR count). The Morgan fingerprint density at radius 2 is 2.12 bits per heavy atom. The summed E-state index contributed by atoms with van der Waals surface area (Å²) >= 11 is 0. The molecule has 3 atom stereocenters. The molecule has 0 radical (unpaired) electrons. The van der Waals surface area contributed by atoms with Gasteiger partial charge in [0.25, 0.3) is 5.91 Å². The molecule has 0 aliphatic carbocycles. The minimum absolute atomic E-state index is 0.0120. The zero-order chi connectivity index (χ0) is 22.5. The highest BCUT2D eigenvalue weighted by Gasteiger charge is 2.43. The van der Waals surface area contributed by atoms with E-state index < -0.39 is 5.82 Å². The Morgan fingerprint density at radius 1 is 1.25 bits per heavy atom. The van der Waals surface area contributed by atoms with Gasteiger partial charge in [0, 0.05) is 56.1 Å². The fraction of sp³-hybridized carbons (Fsp3) is 0.391. The normalized spacial score (nSPS) is 22.7. The van der Waals surface area contributed by atoms with E-state index >= 15 is 0 Å². The van der Waals surface area contributed by atoms with Crippen molar-refractivity contribution < 1.29 is 18.8 Å². The van der Waals surface area contributed by atoms with Crippen molar-refractivity contribution >= 4 is 17.7 Å². The quantitative estimate of drug-likeness (QED) is 0.597. The number of hydrogen-bond acceptors (Lipinski definition) is 5. The summed E-state index contributed by atoms with van der Waals surface area (Å²) in [4.78, 5) is 43.2. The Bertz CT molecular complexity index is 987. The molecule has 2 aliphatic heterocycles. The number of halogens is 1. The molecule has 0 saturated carbocycles. The number of nitrogens with zero attached hydrogens (tertiary/aromatic N) is 2. The maximum Gasteiger partial charge on any atom is 0.251 e. The smallest absolute Gasteiger partial charge is 0.251 e. The van der Waals surface area contributed by atoms with Crippen molar-refractivity contribution in [1.29, 1.82) is 0 Å². The van der Waals surface area contributed by atoms with Crippen LogP contribution in [0.15, 0.2) is 48.8 Å². The van der Waals surface area contributed by atoms with E-state index in [0.717, 1.165) is 5.56 Å². The molecule has 0 unspecified atom stereocenters. The molecule has 9 heteroatoms. The summed E-state index contributed by atoms with van der Waals surface area (Å²) in [6.45, 7) is 1.41. The zero-order valence-electron chi connectivity index (χ0n) is 17.6. The van der Waals surface area contributed by atoms with Crippen molar-refractivity contribution in [1.82, 2.24) is 25.8 Å². The molecular formula is C23H26FN5O3. The Balaban J connectivity index is 1.30. The third-order valence-corrected chi connectivity index (χ3v) is 5.96. The highest BCUT2D eigenvalue weighted by atomic mass is 19.1. The lowest BCUT2D eigenvalue weighted by Gasteiger charge is -2.37. The Labute approximate surface area is 185 Å². The number of nitrogens with one attached hydrogen (secondary N) is 3. The second kappa shape index (κ2) is 9.86. The average molecular weight is 439 g/mol. The van der Waals surface area contributed by atoms with Gasteiger partial charge in [0.15, 0.2) is 0 Å². The van der Waals surface area contributed by atoms with Crippen LogP contribution in [-0.2, 0) is 16.1 Å². The van der Waals surface area contributed by atoms with Crippen LogP contribution in [0.3, 0.4) is 0 Å². The Kier molecular flexibility index (Phi) is 6.75. The summed E-state index contributed by atoms with van der Waals surface area (Å²) in [6.07, 6.45) is 4.81. The van der Waals surface area contributed by atoms with E-state index in [1.54, 1.807) is 18.5 Å². The Morgan fingerprint density at radius 3 is 2.91 bits per heavy atom. The molecule has 8 nitrogen and oxygen atoms in total. The van der Waals surface area contributed by atoms with E-state index in [1.807, 2.05) is 12.1 Å². The molecule has 2 aromatic rings. The van der Waals surface area contributed by atoms with Crippen molar-refractivity contribution in [2.75, 3.05) is 13.1 Å². The predicted octanol–water partition coefficient (Wildman–Crippen LogP) is 0.988. The number of piperazine rings is 1. The first kappa shape index (κ1) is 21.9. The molecule has 32 heavy (non-hydrogen) atoms. The van der Waals surface area contributed by atoms with Crippen molar-refractivity contribution in [2.45, 2.75) is 43.9 Å². The predicted molar refractivity (Wildman–Crippen MR) is 115 cm³/mol. The summed E-state index contributed by atoms with van der Waals surface area (Å²) in [5, 5.41) is 8.72. The second-order valence-corrected chi connectivity index (χ2v) is 8.20. The summed E-state index contributed by atoms with van der Waals surface area (Å²) in [5.74, 6) is -0.953. The van der Waals surface area contributed by atoms with Gasteiger partial charge in [-0.25, -0.2) is 4.39 Å². The minimum Gasteiger partial charge on any atom is -0.353 e. The van der Waals surface area contributed by atoms with Gasteiger partial charge in [-0.05, 0) is 42.7 Å². The SMILES string of the molecule is O=C(CC[C@@H]1CNC(=O)[C@@H]2C[C@@H](NC(=O)c3cccc(F)c3)CN12)NCc1cccnc1. The minimum atomic E-state index is -0.470. The Hall–Kier alpha value is -3.33. The number of fused-ring (bicyclic) bond motifs is 1. The number of benzene rings is 1. The summed E-state index contributed by atoms with van der Waals surface area (Å²) < 4.78 is 13.4. The summed E-state index contributed by atoms with van der Waals surface area (Å²) in [7, 11) is 0. The van der Waals surface area contributed by atoms with Gasteiger partial charge in [-0.3, -0.25) is 24.3 Å². The van der Waals surface area contributed by atoms with Gasteiger partial charge in [0.05, 0.1) is 6.04 Å². The molecule has 2 aliphatic rings. The van der Waals surface area contributed by atoms with Gasteiger partial charge in [0.1, 0.15) is 5.82 Å². The van der Waals surface area contributed by atoms with Gasteiger partial charge in [-0.15, -0.1) is 0 Å². The maximum absolute atomic E-state index is 13.4. The maximum atomic E-state index is 13.4. The highest BCUT2D eigenvalue weighted by Crippen LogP contribution is 2.26. The van der Waals surface area contributed by atoms with Crippen molar-refractivity contribution in [3.05, 3.63) is 65.7 Å². The molecule has 0 bridgehead atoms. The van der Waals surface area contributed by atoms with Crippen LogP contribution in [0.2, 0.25) is 0 Å². The van der Waals surface area contributed by atoms with Gasteiger partial charge >= 0.3 is 0 Å². The number of rotatable bonds is 7. The lowest BCUT2D eigenvalue weighted by atomic mass is 10.0. The van der Waals surface area contributed by atoms with E-state index in [4.69, 9.17) is 0 Å². The van der Waals surface area contributed by atoms with Crippen LogP contribution in [0.4, 0.5) is 4.39 Å². The molecule has 1 aromatic carbocycles. The molecule has 2 fully saturated rings. The van der Waals surface area contributed by atoms with Crippen LogP contribution in [0.25, 0.3) is 0 Å². The fourth-order valence-electron chi connectivity index (χ4n) is 4.34. The number of carbonyl (C=O) groups excluding carboxylic acids is 3. The third kappa shape index (κ3) is 5.28. The summed E-state index contributed by atoms with van der Waals surface area (Å²) in [6, 6.07) is 8.70. The van der Waals surface area contributed by atoms with Crippen molar-refractivity contribution in [3.8, 4) is 0 Å². The van der Waals surface area contributed by atoms with E-state index in [9.17, 15) is 18.8 Å². The lowest BCUT2D eigenvalue weighted by Crippen LogP contribution is -2.58. The molecule has 1 aromatic heterocycles. The number of carbonyl (C=O) groups is 3. The van der Waals surface area contributed by atoms with Crippen LogP contribution in [0.1, 0.15) is 35.2 Å². The zero-order valence-corrected chi connectivity index (χ0v) is 17.6.